The number of hydrogen-bond acceptors (Lipinski definition) is 6. The molecule has 0 unspecified atom stereocenters. The third-order valence-electron chi connectivity index (χ3n) is 5.07. The number of carbonyl (C=O) groups excluding carboxylic acids is 2. The number of nitrogens with one attached hydrogen (secondary N) is 2. The molecule has 0 aliphatic heterocycles. The molecule has 184 valence electrons. The summed E-state index contributed by atoms with van der Waals surface area (Å²) in [6.07, 6.45) is 3.25. The molecule has 0 aliphatic carbocycles. The number of nitrogens with zero attached hydrogens (tertiary/aromatic N) is 2. The van der Waals surface area contributed by atoms with Gasteiger partial charge in [-0.3, -0.25) is 18.9 Å². The Labute approximate surface area is 211 Å². The van der Waals surface area contributed by atoms with Crippen LogP contribution in [0.4, 0.5) is 15.8 Å². The largest absolute Gasteiger partial charge is 0.348 e. The highest BCUT2D eigenvalue weighted by Gasteiger charge is 2.30. The highest BCUT2D eigenvalue weighted by atomic mass is 32.2. The Bertz CT molecular complexity index is 1460. The molecule has 2 N–H and O–H groups in total. The van der Waals surface area contributed by atoms with Crippen LogP contribution in [0.15, 0.2) is 94.8 Å². The van der Waals surface area contributed by atoms with E-state index in [0.717, 1.165) is 23.0 Å². The number of aromatic nitrogens is 1. The van der Waals surface area contributed by atoms with Crippen LogP contribution in [0.1, 0.15) is 15.9 Å². The molecule has 0 bridgehead atoms. The van der Waals surface area contributed by atoms with Gasteiger partial charge in [-0.2, -0.15) is 0 Å². The number of amides is 2. The van der Waals surface area contributed by atoms with Crippen molar-refractivity contribution in [3.05, 3.63) is 108 Å². The standard InChI is InChI=1S/C25H21FN4O4S2/c26-20-9-2-4-11-22(20)30(36(33,34)24-12-6-14-35-24)17-23(31)29-21-10-3-1-8-19(21)25(32)28-16-18-7-5-13-27-15-18/h1-15H,16-17H2,(H,28,32)(H,29,31). The van der Waals surface area contributed by atoms with Crippen LogP contribution in [0.25, 0.3) is 0 Å². The number of benzene rings is 2. The van der Waals surface area contributed by atoms with E-state index < -0.39 is 34.2 Å². The van der Waals surface area contributed by atoms with Gasteiger partial charge in [-0.15, -0.1) is 11.3 Å². The number of sulfonamides is 1. The van der Waals surface area contributed by atoms with E-state index in [1.807, 2.05) is 6.07 Å². The number of para-hydroxylation sites is 2. The Balaban J connectivity index is 1.55. The number of carbonyl (C=O) groups is 2. The van der Waals surface area contributed by atoms with Gasteiger partial charge in [-0.25, -0.2) is 12.8 Å². The van der Waals surface area contributed by atoms with E-state index in [4.69, 9.17) is 0 Å². The predicted octanol–water partition coefficient (Wildman–Crippen LogP) is 4.05. The fourth-order valence-corrected chi connectivity index (χ4v) is 5.90. The van der Waals surface area contributed by atoms with Gasteiger partial charge >= 0.3 is 0 Å². The fourth-order valence-electron chi connectivity index (χ4n) is 3.36. The number of thiophene rings is 1. The third kappa shape index (κ3) is 5.75. The summed E-state index contributed by atoms with van der Waals surface area (Å²) in [5.74, 6) is -1.97. The van der Waals surface area contributed by atoms with E-state index in [-0.39, 0.29) is 27.7 Å². The predicted molar refractivity (Wildman–Crippen MR) is 136 cm³/mol. The molecule has 36 heavy (non-hydrogen) atoms. The molecule has 2 aromatic carbocycles. The number of halogens is 1. The van der Waals surface area contributed by atoms with E-state index in [1.54, 1.807) is 42.0 Å². The molecule has 2 aromatic heterocycles. The van der Waals surface area contributed by atoms with Crippen LogP contribution in [0.3, 0.4) is 0 Å². The Morgan fingerprint density at radius 3 is 2.47 bits per heavy atom. The maximum atomic E-state index is 14.6. The molecule has 4 rings (SSSR count). The van der Waals surface area contributed by atoms with Crippen LogP contribution in [0.5, 0.6) is 0 Å². The van der Waals surface area contributed by atoms with Crippen molar-refractivity contribution in [3.8, 4) is 0 Å². The summed E-state index contributed by atoms with van der Waals surface area (Å²) in [5.41, 5.74) is 0.914. The summed E-state index contributed by atoms with van der Waals surface area (Å²) in [7, 11) is -4.22. The topological polar surface area (TPSA) is 108 Å². The van der Waals surface area contributed by atoms with Crippen LogP contribution in [0, 0.1) is 5.82 Å². The van der Waals surface area contributed by atoms with Crippen molar-refractivity contribution in [1.82, 2.24) is 10.3 Å². The molecular formula is C25H21FN4O4S2. The van der Waals surface area contributed by atoms with E-state index in [2.05, 4.69) is 15.6 Å². The number of hydrogen-bond donors (Lipinski definition) is 2. The summed E-state index contributed by atoms with van der Waals surface area (Å²) in [5, 5.41) is 6.93. The molecule has 4 aromatic rings. The fraction of sp³-hybridized carbons (Fsp3) is 0.0800. The van der Waals surface area contributed by atoms with Crippen LogP contribution in [-0.2, 0) is 21.4 Å². The van der Waals surface area contributed by atoms with Crippen molar-refractivity contribution in [2.75, 3.05) is 16.2 Å². The highest BCUT2D eigenvalue weighted by Crippen LogP contribution is 2.28. The van der Waals surface area contributed by atoms with Crippen molar-refractivity contribution < 1.29 is 22.4 Å². The first-order chi connectivity index (χ1) is 17.4. The van der Waals surface area contributed by atoms with Crippen LogP contribution in [-0.4, -0.2) is 31.8 Å². The molecule has 2 amide bonds. The van der Waals surface area contributed by atoms with E-state index in [1.165, 1.54) is 36.4 Å². The lowest BCUT2D eigenvalue weighted by Gasteiger charge is -2.24. The van der Waals surface area contributed by atoms with Crippen molar-refractivity contribution in [3.63, 3.8) is 0 Å². The van der Waals surface area contributed by atoms with Gasteiger partial charge in [-0.1, -0.05) is 36.4 Å². The average molecular weight is 525 g/mol. The number of pyridine rings is 1. The monoisotopic (exact) mass is 524 g/mol. The number of rotatable bonds is 9. The number of anilines is 2. The molecule has 0 saturated carbocycles. The zero-order valence-corrected chi connectivity index (χ0v) is 20.4. The minimum Gasteiger partial charge on any atom is -0.348 e. The second-order valence-electron chi connectivity index (χ2n) is 7.53. The van der Waals surface area contributed by atoms with Crippen LogP contribution < -0.4 is 14.9 Å². The van der Waals surface area contributed by atoms with Gasteiger partial charge in [0, 0.05) is 18.9 Å². The molecule has 0 spiro atoms. The zero-order valence-electron chi connectivity index (χ0n) is 18.8. The zero-order chi connectivity index (χ0) is 25.5. The maximum absolute atomic E-state index is 14.6. The molecule has 0 radical (unpaired) electrons. The first-order valence-corrected chi connectivity index (χ1v) is 13.0. The van der Waals surface area contributed by atoms with Crippen molar-refractivity contribution in [2.45, 2.75) is 10.8 Å². The smallest absolute Gasteiger partial charge is 0.274 e. The van der Waals surface area contributed by atoms with Gasteiger partial charge in [0.15, 0.2) is 0 Å². The second kappa shape index (κ2) is 11.1. The molecular weight excluding hydrogens is 503 g/mol. The second-order valence-corrected chi connectivity index (χ2v) is 10.6. The van der Waals surface area contributed by atoms with Gasteiger partial charge in [0.25, 0.3) is 15.9 Å². The normalized spacial score (nSPS) is 11.0. The van der Waals surface area contributed by atoms with Crippen molar-refractivity contribution in [1.29, 1.82) is 0 Å². The molecule has 8 nitrogen and oxygen atoms in total. The SMILES string of the molecule is O=C(CN(c1ccccc1F)S(=O)(=O)c1cccs1)Nc1ccccc1C(=O)NCc1cccnc1. The minimum absolute atomic E-state index is 0.0336. The molecule has 0 saturated heterocycles. The first kappa shape index (κ1) is 25.0. The maximum Gasteiger partial charge on any atom is 0.274 e. The first-order valence-electron chi connectivity index (χ1n) is 10.7. The van der Waals surface area contributed by atoms with E-state index in [9.17, 15) is 22.4 Å². The summed E-state index contributed by atoms with van der Waals surface area (Å²) in [6.45, 7) is -0.470. The van der Waals surface area contributed by atoms with Gasteiger partial charge in [-0.05, 0) is 47.3 Å². The lowest BCUT2D eigenvalue weighted by atomic mass is 10.1. The quantitative estimate of drug-likeness (QED) is 0.344. The van der Waals surface area contributed by atoms with E-state index >= 15 is 0 Å². The summed E-state index contributed by atoms with van der Waals surface area (Å²) in [4.78, 5) is 29.8. The highest BCUT2D eigenvalue weighted by molar-refractivity contribution is 7.94. The Kier molecular flexibility index (Phi) is 7.71. The van der Waals surface area contributed by atoms with Gasteiger partial charge in [0.1, 0.15) is 16.6 Å². The Morgan fingerprint density at radius 1 is 0.972 bits per heavy atom. The molecule has 2 heterocycles. The van der Waals surface area contributed by atoms with E-state index in [0.29, 0.717) is 4.31 Å². The lowest BCUT2D eigenvalue weighted by molar-refractivity contribution is -0.114. The Morgan fingerprint density at radius 2 is 1.75 bits per heavy atom. The molecule has 0 atom stereocenters. The molecule has 0 aliphatic rings. The Hall–Kier alpha value is -4.09. The van der Waals surface area contributed by atoms with Gasteiger partial charge < -0.3 is 10.6 Å². The summed E-state index contributed by atoms with van der Waals surface area (Å²) in [6, 6.07) is 18.1. The minimum atomic E-state index is -4.22. The van der Waals surface area contributed by atoms with Crippen LogP contribution in [0.2, 0.25) is 0 Å². The van der Waals surface area contributed by atoms with Crippen molar-refractivity contribution in [2.24, 2.45) is 0 Å². The third-order valence-corrected chi connectivity index (χ3v) is 8.20. The molecule has 0 fully saturated rings. The average Bonchev–Trinajstić information content (AvgIpc) is 3.43. The van der Waals surface area contributed by atoms with Gasteiger partial charge in [0.2, 0.25) is 5.91 Å². The van der Waals surface area contributed by atoms with Gasteiger partial charge in [0.05, 0.1) is 16.9 Å². The lowest BCUT2D eigenvalue weighted by Crippen LogP contribution is -2.38. The summed E-state index contributed by atoms with van der Waals surface area (Å²) >= 11 is 0.959. The van der Waals surface area contributed by atoms with Crippen molar-refractivity contribution >= 4 is 44.5 Å². The summed E-state index contributed by atoms with van der Waals surface area (Å²) < 4.78 is 41.8. The molecule has 11 heteroatoms. The van der Waals surface area contributed by atoms with Crippen LogP contribution >= 0.6 is 11.3 Å².